The van der Waals surface area contributed by atoms with Crippen LogP contribution in [0.5, 0.6) is 0 Å². The average Bonchev–Trinajstić information content (AvgIpc) is 2.50. The fraction of sp³-hybridized carbons (Fsp3) is 0.611. The summed E-state index contributed by atoms with van der Waals surface area (Å²) < 4.78 is 0. The third-order valence-electron chi connectivity index (χ3n) is 4.71. The number of carbonyl (C=O) groups is 1. The van der Waals surface area contributed by atoms with E-state index in [0.717, 1.165) is 51.7 Å². The Balaban J connectivity index is 1.89. The molecular formula is C18H28N2O. The van der Waals surface area contributed by atoms with Gasteiger partial charge in [-0.25, -0.2) is 0 Å². The summed E-state index contributed by atoms with van der Waals surface area (Å²) in [5, 5.41) is 6.55. The fourth-order valence-electron chi connectivity index (χ4n) is 3.36. The van der Waals surface area contributed by atoms with Crippen molar-refractivity contribution in [1.29, 1.82) is 0 Å². The van der Waals surface area contributed by atoms with Crippen molar-refractivity contribution in [2.75, 3.05) is 19.6 Å². The number of rotatable bonds is 6. The summed E-state index contributed by atoms with van der Waals surface area (Å²) in [6, 6.07) is 8.40. The van der Waals surface area contributed by atoms with E-state index in [9.17, 15) is 4.79 Å². The van der Waals surface area contributed by atoms with E-state index in [1.165, 1.54) is 11.1 Å². The number of amides is 1. The second kappa shape index (κ2) is 7.60. The molecule has 1 saturated heterocycles. The van der Waals surface area contributed by atoms with Gasteiger partial charge < -0.3 is 10.6 Å². The van der Waals surface area contributed by atoms with Crippen LogP contribution in [0, 0.1) is 12.3 Å². The van der Waals surface area contributed by atoms with Crippen molar-refractivity contribution in [1.82, 2.24) is 10.6 Å². The molecule has 0 spiro atoms. The minimum absolute atomic E-state index is 0.133. The van der Waals surface area contributed by atoms with Crippen molar-refractivity contribution in [3.8, 4) is 0 Å². The van der Waals surface area contributed by atoms with Crippen molar-refractivity contribution in [2.45, 2.75) is 46.0 Å². The lowest BCUT2D eigenvalue weighted by atomic mass is 9.74. The van der Waals surface area contributed by atoms with Gasteiger partial charge in [0.15, 0.2) is 0 Å². The third-order valence-corrected chi connectivity index (χ3v) is 4.71. The highest BCUT2D eigenvalue weighted by molar-refractivity contribution is 5.82. The molecule has 1 aromatic carbocycles. The van der Waals surface area contributed by atoms with Crippen LogP contribution in [0.25, 0.3) is 0 Å². The van der Waals surface area contributed by atoms with Gasteiger partial charge in [0.25, 0.3) is 0 Å². The molecule has 1 aromatic rings. The Bertz CT molecular complexity index is 459. The van der Waals surface area contributed by atoms with Crippen LogP contribution in [0.4, 0.5) is 0 Å². The highest BCUT2D eigenvalue weighted by Crippen LogP contribution is 2.34. The molecule has 0 bridgehead atoms. The second-order valence-corrected chi connectivity index (χ2v) is 6.21. The maximum absolute atomic E-state index is 12.6. The lowest BCUT2D eigenvalue weighted by Gasteiger charge is -2.36. The average molecular weight is 288 g/mol. The van der Waals surface area contributed by atoms with Crippen molar-refractivity contribution in [3.63, 3.8) is 0 Å². The molecule has 1 amide bonds. The van der Waals surface area contributed by atoms with E-state index in [0.29, 0.717) is 0 Å². The molecular weight excluding hydrogens is 260 g/mol. The molecule has 0 atom stereocenters. The van der Waals surface area contributed by atoms with Crippen molar-refractivity contribution < 1.29 is 4.79 Å². The second-order valence-electron chi connectivity index (χ2n) is 6.21. The Hall–Kier alpha value is -1.35. The van der Waals surface area contributed by atoms with Gasteiger partial charge in [-0.15, -0.1) is 0 Å². The zero-order valence-electron chi connectivity index (χ0n) is 13.4. The summed E-state index contributed by atoms with van der Waals surface area (Å²) in [5.41, 5.74) is 2.50. The summed E-state index contributed by atoms with van der Waals surface area (Å²) in [4.78, 5) is 12.6. The van der Waals surface area contributed by atoms with Gasteiger partial charge >= 0.3 is 0 Å². The Morgan fingerprint density at radius 2 is 2.00 bits per heavy atom. The first-order valence-electron chi connectivity index (χ1n) is 8.21. The topological polar surface area (TPSA) is 41.1 Å². The normalized spacial score (nSPS) is 17.4. The molecule has 1 fully saturated rings. The molecule has 1 aliphatic heterocycles. The van der Waals surface area contributed by atoms with E-state index >= 15 is 0 Å². The summed E-state index contributed by atoms with van der Waals surface area (Å²) in [7, 11) is 0. The molecule has 2 N–H and O–H groups in total. The first-order chi connectivity index (χ1) is 10.2. The van der Waals surface area contributed by atoms with Crippen LogP contribution in [0.15, 0.2) is 24.3 Å². The van der Waals surface area contributed by atoms with Crippen LogP contribution in [-0.4, -0.2) is 25.5 Å². The Kier molecular flexibility index (Phi) is 5.80. The van der Waals surface area contributed by atoms with Crippen LogP contribution >= 0.6 is 0 Å². The van der Waals surface area contributed by atoms with E-state index in [1.54, 1.807) is 0 Å². The zero-order chi connectivity index (χ0) is 15.1. The van der Waals surface area contributed by atoms with Gasteiger partial charge in [0, 0.05) is 6.54 Å². The quantitative estimate of drug-likeness (QED) is 0.845. The van der Waals surface area contributed by atoms with Crippen LogP contribution in [0.3, 0.4) is 0 Å². The highest BCUT2D eigenvalue weighted by atomic mass is 16.2. The molecule has 3 nitrogen and oxygen atoms in total. The van der Waals surface area contributed by atoms with Crippen LogP contribution < -0.4 is 10.6 Å². The number of benzene rings is 1. The van der Waals surface area contributed by atoms with Gasteiger partial charge in [0.2, 0.25) is 5.91 Å². The first kappa shape index (κ1) is 16.0. The molecule has 0 saturated carbocycles. The lowest BCUT2D eigenvalue weighted by molar-refractivity contribution is -0.133. The molecule has 3 heteroatoms. The molecule has 116 valence electrons. The number of nitrogens with one attached hydrogen (secondary N) is 2. The van der Waals surface area contributed by atoms with E-state index in [-0.39, 0.29) is 11.3 Å². The van der Waals surface area contributed by atoms with Crippen LogP contribution in [-0.2, 0) is 11.2 Å². The molecule has 1 aliphatic rings. The number of aryl methyl sites for hydroxylation is 1. The van der Waals surface area contributed by atoms with Crippen LogP contribution in [0.2, 0.25) is 0 Å². The number of piperidine rings is 1. The molecule has 2 rings (SSSR count). The molecule has 0 aromatic heterocycles. The smallest absolute Gasteiger partial charge is 0.226 e. The SMILES string of the molecule is CCCC1(C(=O)NCCc2ccccc2C)CCNCC1. The van der Waals surface area contributed by atoms with Gasteiger partial charge in [0.05, 0.1) is 5.41 Å². The Labute approximate surface area is 128 Å². The fourth-order valence-corrected chi connectivity index (χ4v) is 3.36. The zero-order valence-corrected chi connectivity index (χ0v) is 13.4. The summed E-state index contributed by atoms with van der Waals surface area (Å²) in [6.45, 7) is 6.96. The number of hydrogen-bond acceptors (Lipinski definition) is 2. The summed E-state index contributed by atoms with van der Waals surface area (Å²) >= 11 is 0. The monoisotopic (exact) mass is 288 g/mol. The minimum Gasteiger partial charge on any atom is -0.355 e. The van der Waals surface area contributed by atoms with Gasteiger partial charge in [-0.1, -0.05) is 37.6 Å². The summed E-state index contributed by atoms with van der Waals surface area (Å²) in [6.07, 6.45) is 4.93. The molecule has 0 aliphatic carbocycles. The Morgan fingerprint density at radius 3 is 2.67 bits per heavy atom. The van der Waals surface area contributed by atoms with E-state index < -0.39 is 0 Å². The lowest BCUT2D eigenvalue weighted by Crippen LogP contribution is -2.48. The molecule has 0 unspecified atom stereocenters. The third kappa shape index (κ3) is 4.07. The molecule has 1 heterocycles. The van der Waals surface area contributed by atoms with Crippen LogP contribution in [0.1, 0.15) is 43.7 Å². The summed E-state index contributed by atoms with van der Waals surface area (Å²) in [5.74, 6) is 0.263. The molecule has 21 heavy (non-hydrogen) atoms. The van der Waals surface area contributed by atoms with Crippen molar-refractivity contribution in [3.05, 3.63) is 35.4 Å². The predicted octanol–water partition coefficient (Wildman–Crippen LogP) is 2.82. The standard InChI is InChI=1S/C18H28N2O/c1-3-9-18(10-13-19-14-11-18)17(21)20-12-8-16-7-5-4-6-15(16)2/h4-7,19H,3,8-14H2,1-2H3,(H,20,21). The van der Waals surface area contributed by atoms with Gasteiger partial charge in [-0.2, -0.15) is 0 Å². The van der Waals surface area contributed by atoms with E-state index in [2.05, 4.69) is 48.7 Å². The maximum atomic E-state index is 12.6. The van der Waals surface area contributed by atoms with Gasteiger partial charge in [0.1, 0.15) is 0 Å². The number of hydrogen-bond donors (Lipinski definition) is 2. The largest absolute Gasteiger partial charge is 0.355 e. The highest BCUT2D eigenvalue weighted by Gasteiger charge is 2.38. The minimum atomic E-state index is -0.133. The van der Waals surface area contributed by atoms with E-state index in [4.69, 9.17) is 0 Å². The van der Waals surface area contributed by atoms with Crippen molar-refractivity contribution >= 4 is 5.91 Å². The maximum Gasteiger partial charge on any atom is 0.226 e. The number of carbonyl (C=O) groups excluding carboxylic acids is 1. The van der Waals surface area contributed by atoms with Crippen molar-refractivity contribution in [2.24, 2.45) is 5.41 Å². The van der Waals surface area contributed by atoms with Gasteiger partial charge in [-0.3, -0.25) is 4.79 Å². The van der Waals surface area contributed by atoms with Gasteiger partial charge in [-0.05, 0) is 56.8 Å². The predicted molar refractivity (Wildman–Crippen MR) is 87.3 cm³/mol. The molecule has 0 radical (unpaired) electrons. The first-order valence-corrected chi connectivity index (χ1v) is 8.21. The Morgan fingerprint density at radius 1 is 1.29 bits per heavy atom. The van der Waals surface area contributed by atoms with E-state index in [1.807, 2.05) is 0 Å².